The average molecular weight is 241 g/mol. The van der Waals surface area contributed by atoms with Gasteiger partial charge in [-0.2, -0.15) is 0 Å². The normalized spacial score (nSPS) is 24.5. The highest BCUT2D eigenvalue weighted by atomic mass is 19.3. The van der Waals surface area contributed by atoms with Crippen LogP contribution in [0.15, 0.2) is 24.3 Å². The predicted molar refractivity (Wildman–Crippen MR) is 62.1 cm³/mol. The van der Waals surface area contributed by atoms with Crippen LogP contribution in [0.3, 0.4) is 0 Å². The molecule has 1 fully saturated rings. The first-order valence-electron chi connectivity index (χ1n) is 5.86. The number of hydrogen-bond donors (Lipinski definition) is 1. The van der Waals surface area contributed by atoms with Crippen LogP contribution in [0.25, 0.3) is 0 Å². The van der Waals surface area contributed by atoms with Crippen molar-refractivity contribution < 1.29 is 13.5 Å². The highest BCUT2D eigenvalue weighted by Gasteiger charge is 2.29. The van der Waals surface area contributed by atoms with Crippen LogP contribution < -0.4 is 5.32 Å². The molecule has 1 N–H and O–H groups in total. The number of rotatable bonds is 4. The Kier molecular flexibility index (Phi) is 4.07. The first-order valence-corrected chi connectivity index (χ1v) is 5.86. The summed E-state index contributed by atoms with van der Waals surface area (Å²) >= 11 is 0. The summed E-state index contributed by atoms with van der Waals surface area (Å²) in [5.74, 6) is 0.368. The molecule has 1 saturated heterocycles. The Bertz CT molecular complexity index is 370. The van der Waals surface area contributed by atoms with E-state index in [9.17, 15) is 8.78 Å². The molecular formula is C13H17F2NO. The van der Waals surface area contributed by atoms with Gasteiger partial charge in [-0.1, -0.05) is 18.2 Å². The van der Waals surface area contributed by atoms with Gasteiger partial charge in [0.05, 0.1) is 6.10 Å². The minimum atomic E-state index is -2.42. The SMILES string of the molecule is CNCC1CCOC1c1cccc(C(F)F)c1. The smallest absolute Gasteiger partial charge is 0.263 e. The minimum Gasteiger partial charge on any atom is -0.373 e. The summed E-state index contributed by atoms with van der Waals surface area (Å²) in [6.45, 7) is 1.56. The van der Waals surface area contributed by atoms with Gasteiger partial charge in [-0.05, 0) is 25.1 Å². The number of benzene rings is 1. The van der Waals surface area contributed by atoms with Gasteiger partial charge in [0, 0.05) is 24.6 Å². The molecule has 1 aliphatic heterocycles. The maximum atomic E-state index is 12.6. The van der Waals surface area contributed by atoms with Crippen LogP contribution in [0.4, 0.5) is 8.78 Å². The molecule has 0 radical (unpaired) electrons. The van der Waals surface area contributed by atoms with Crippen LogP contribution >= 0.6 is 0 Å². The fourth-order valence-electron chi connectivity index (χ4n) is 2.35. The number of hydrogen-bond acceptors (Lipinski definition) is 2. The van der Waals surface area contributed by atoms with Crippen molar-refractivity contribution in [3.63, 3.8) is 0 Å². The molecule has 0 amide bonds. The van der Waals surface area contributed by atoms with Crippen LogP contribution in [-0.2, 0) is 4.74 Å². The zero-order chi connectivity index (χ0) is 12.3. The van der Waals surface area contributed by atoms with Crippen LogP contribution in [0.1, 0.15) is 30.1 Å². The van der Waals surface area contributed by atoms with Gasteiger partial charge in [-0.25, -0.2) is 8.78 Å². The van der Waals surface area contributed by atoms with Crippen LogP contribution in [0, 0.1) is 5.92 Å². The topological polar surface area (TPSA) is 21.3 Å². The molecule has 2 nitrogen and oxygen atoms in total. The summed E-state index contributed by atoms with van der Waals surface area (Å²) in [6, 6.07) is 6.55. The average Bonchev–Trinajstić information content (AvgIpc) is 2.78. The van der Waals surface area contributed by atoms with E-state index in [-0.39, 0.29) is 11.7 Å². The fraction of sp³-hybridized carbons (Fsp3) is 0.538. The second-order valence-corrected chi connectivity index (χ2v) is 4.37. The lowest BCUT2D eigenvalue weighted by molar-refractivity contribution is 0.0904. The predicted octanol–water partition coefficient (Wildman–Crippen LogP) is 2.92. The number of halogens is 2. The van der Waals surface area contributed by atoms with E-state index >= 15 is 0 Å². The third kappa shape index (κ3) is 2.82. The van der Waals surface area contributed by atoms with Crippen molar-refractivity contribution in [2.24, 2.45) is 5.92 Å². The Morgan fingerprint density at radius 1 is 1.47 bits per heavy atom. The monoisotopic (exact) mass is 241 g/mol. The van der Waals surface area contributed by atoms with Gasteiger partial charge in [0.1, 0.15) is 0 Å². The second-order valence-electron chi connectivity index (χ2n) is 4.37. The van der Waals surface area contributed by atoms with Crippen molar-refractivity contribution in [2.45, 2.75) is 19.0 Å². The highest BCUT2D eigenvalue weighted by molar-refractivity contribution is 5.27. The quantitative estimate of drug-likeness (QED) is 0.875. The number of nitrogens with one attached hydrogen (secondary N) is 1. The standard InChI is InChI=1S/C13H17F2NO/c1-16-8-11-5-6-17-12(11)9-3-2-4-10(7-9)13(14)15/h2-4,7,11-13,16H,5-6,8H2,1H3. The molecule has 0 aromatic heterocycles. The van der Waals surface area contributed by atoms with Gasteiger partial charge < -0.3 is 10.1 Å². The molecule has 1 aliphatic rings. The van der Waals surface area contributed by atoms with E-state index in [4.69, 9.17) is 4.74 Å². The zero-order valence-corrected chi connectivity index (χ0v) is 9.83. The lowest BCUT2D eigenvalue weighted by Gasteiger charge is -2.19. The van der Waals surface area contributed by atoms with E-state index in [1.54, 1.807) is 12.1 Å². The molecule has 0 spiro atoms. The van der Waals surface area contributed by atoms with E-state index in [0.29, 0.717) is 12.5 Å². The van der Waals surface area contributed by atoms with E-state index < -0.39 is 6.43 Å². The van der Waals surface area contributed by atoms with E-state index in [2.05, 4.69) is 5.32 Å². The van der Waals surface area contributed by atoms with E-state index in [1.807, 2.05) is 13.1 Å². The molecule has 0 saturated carbocycles. The maximum absolute atomic E-state index is 12.6. The molecular weight excluding hydrogens is 224 g/mol. The van der Waals surface area contributed by atoms with Gasteiger partial charge >= 0.3 is 0 Å². The summed E-state index contributed by atoms with van der Waals surface area (Å²) in [7, 11) is 1.89. The van der Waals surface area contributed by atoms with Crippen molar-refractivity contribution in [2.75, 3.05) is 20.2 Å². The minimum absolute atomic E-state index is 0.0545. The van der Waals surface area contributed by atoms with Gasteiger partial charge in [0.15, 0.2) is 0 Å². The van der Waals surface area contributed by atoms with Crippen LogP contribution in [0.2, 0.25) is 0 Å². The van der Waals surface area contributed by atoms with Gasteiger partial charge in [0.2, 0.25) is 0 Å². The summed E-state index contributed by atoms with van der Waals surface area (Å²) < 4.78 is 30.9. The molecule has 1 heterocycles. The summed E-state index contributed by atoms with van der Waals surface area (Å²) in [6.07, 6.45) is -1.50. The molecule has 17 heavy (non-hydrogen) atoms. The van der Waals surface area contributed by atoms with Crippen LogP contribution in [-0.4, -0.2) is 20.2 Å². The Balaban J connectivity index is 2.18. The Morgan fingerprint density at radius 2 is 2.29 bits per heavy atom. The van der Waals surface area contributed by atoms with E-state index in [1.165, 1.54) is 6.07 Å². The Morgan fingerprint density at radius 3 is 3.00 bits per heavy atom. The number of alkyl halides is 2. The molecule has 1 aromatic carbocycles. The molecule has 2 atom stereocenters. The highest BCUT2D eigenvalue weighted by Crippen LogP contribution is 2.35. The third-order valence-corrected chi connectivity index (χ3v) is 3.17. The third-order valence-electron chi connectivity index (χ3n) is 3.17. The number of ether oxygens (including phenoxy) is 1. The molecule has 0 aliphatic carbocycles. The van der Waals surface area contributed by atoms with Gasteiger partial charge in [-0.15, -0.1) is 0 Å². The molecule has 4 heteroatoms. The first kappa shape index (κ1) is 12.5. The van der Waals surface area contributed by atoms with Crippen molar-refractivity contribution in [1.29, 1.82) is 0 Å². The Hall–Kier alpha value is -1.00. The first-order chi connectivity index (χ1) is 8.22. The zero-order valence-electron chi connectivity index (χ0n) is 9.83. The largest absolute Gasteiger partial charge is 0.373 e. The summed E-state index contributed by atoms with van der Waals surface area (Å²) in [5, 5.41) is 3.12. The molecule has 0 bridgehead atoms. The lowest BCUT2D eigenvalue weighted by Crippen LogP contribution is -2.21. The van der Waals surface area contributed by atoms with E-state index in [0.717, 1.165) is 18.5 Å². The maximum Gasteiger partial charge on any atom is 0.263 e. The van der Waals surface area contributed by atoms with Crippen molar-refractivity contribution in [1.82, 2.24) is 5.32 Å². The summed E-state index contributed by atoms with van der Waals surface area (Å²) in [4.78, 5) is 0. The van der Waals surface area contributed by atoms with Gasteiger partial charge in [-0.3, -0.25) is 0 Å². The fourth-order valence-corrected chi connectivity index (χ4v) is 2.35. The van der Waals surface area contributed by atoms with Gasteiger partial charge in [0.25, 0.3) is 6.43 Å². The van der Waals surface area contributed by atoms with Crippen molar-refractivity contribution in [3.05, 3.63) is 35.4 Å². The molecule has 2 unspecified atom stereocenters. The van der Waals surface area contributed by atoms with Crippen LogP contribution in [0.5, 0.6) is 0 Å². The Labute approximate surface area is 100.0 Å². The second kappa shape index (κ2) is 5.56. The molecule has 94 valence electrons. The molecule has 1 aromatic rings. The molecule has 2 rings (SSSR count). The lowest BCUT2D eigenvalue weighted by atomic mass is 9.94. The van der Waals surface area contributed by atoms with Crippen molar-refractivity contribution in [3.8, 4) is 0 Å². The van der Waals surface area contributed by atoms with Crippen molar-refractivity contribution >= 4 is 0 Å². The summed E-state index contributed by atoms with van der Waals surface area (Å²) in [5.41, 5.74) is 0.932.